The Morgan fingerprint density at radius 3 is 2.88 bits per heavy atom. The van der Waals surface area contributed by atoms with Gasteiger partial charge in [-0.3, -0.25) is 0 Å². The van der Waals surface area contributed by atoms with Crippen LogP contribution >= 0.6 is 0 Å². The van der Waals surface area contributed by atoms with E-state index in [1.807, 2.05) is 0 Å². The zero-order valence-corrected chi connectivity index (χ0v) is 16.2. The summed E-state index contributed by atoms with van der Waals surface area (Å²) in [6.07, 6.45) is 8.77. The average Bonchev–Trinajstić information content (AvgIpc) is 2.61. The number of methoxy groups -OCH3 is 1. The van der Waals surface area contributed by atoms with E-state index < -0.39 is 5.60 Å². The predicted molar refractivity (Wildman–Crippen MR) is 104 cm³/mol. The molecule has 0 bridgehead atoms. The van der Waals surface area contributed by atoms with E-state index in [-0.39, 0.29) is 0 Å². The van der Waals surface area contributed by atoms with Crippen LogP contribution in [0.4, 0.5) is 0 Å². The second-order valence-corrected chi connectivity index (χ2v) is 8.43. The summed E-state index contributed by atoms with van der Waals surface area (Å²) in [5, 5.41) is 11.1. The first-order valence-corrected chi connectivity index (χ1v) is 10.0. The number of allylic oxidation sites excluding steroid dienone is 1. The molecule has 0 spiro atoms. The minimum absolute atomic E-state index is 0.339. The van der Waals surface area contributed by atoms with Crippen molar-refractivity contribution in [1.82, 2.24) is 0 Å². The first-order valence-electron chi connectivity index (χ1n) is 10.0. The smallest absolute Gasteiger partial charge is 0.119 e. The van der Waals surface area contributed by atoms with Gasteiger partial charge >= 0.3 is 0 Å². The lowest BCUT2D eigenvalue weighted by atomic mass is 9.57. The maximum Gasteiger partial charge on any atom is 0.119 e. The molecule has 3 rings (SSSR count). The SMILES string of the molecule is C=C(CCCC)C[C@H]1[C@@H]2CCc3cc(OC)ccc3[C@H]2CC[C@]1(C)O. The number of hydrogen-bond donors (Lipinski definition) is 1. The molecule has 1 aromatic carbocycles. The Bertz CT molecular complexity index is 617. The molecule has 0 unspecified atom stereocenters. The highest BCUT2D eigenvalue weighted by atomic mass is 16.5. The zero-order valence-electron chi connectivity index (χ0n) is 16.2. The van der Waals surface area contributed by atoms with Gasteiger partial charge in [-0.2, -0.15) is 0 Å². The standard InChI is InChI=1S/C23H34O2/c1-5-6-7-16(2)14-22-21-10-8-17-15-18(25-4)9-11-19(17)20(21)12-13-23(22,3)24/h9,11,15,20-22,24H,2,5-8,10,12-14H2,1,3-4H3/t20-,21-,22+,23+/m1/s1. The minimum Gasteiger partial charge on any atom is -0.497 e. The molecule has 0 aliphatic heterocycles. The Labute approximate surface area is 153 Å². The van der Waals surface area contributed by atoms with Crippen molar-refractivity contribution in [1.29, 1.82) is 0 Å². The lowest BCUT2D eigenvalue weighted by Crippen LogP contribution is -2.47. The molecule has 0 saturated heterocycles. The maximum atomic E-state index is 11.1. The van der Waals surface area contributed by atoms with Crippen molar-refractivity contribution in [3.05, 3.63) is 41.5 Å². The largest absolute Gasteiger partial charge is 0.497 e. The van der Waals surface area contributed by atoms with Crippen molar-refractivity contribution in [3.8, 4) is 5.75 Å². The molecule has 0 aromatic heterocycles. The summed E-state index contributed by atoms with van der Waals surface area (Å²) in [7, 11) is 1.74. The predicted octanol–water partition coefficient (Wildman–Crippen LogP) is 5.64. The zero-order chi connectivity index (χ0) is 18.0. The summed E-state index contributed by atoms with van der Waals surface area (Å²) >= 11 is 0. The summed E-state index contributed by atoms with van der Waals surface area (Å²) in [5.74, 6) is 2.46. The van der Waals surface area contributed by atoms with Gasteiger partial charge < -0.3 is 9.84 Å². The lowest BCUT2D eigenvalue weighted by molar-refractivity contribution is -0.0707. The van der Waals surface area contributed by atoms with Gasteiger partial charge in [0.2, 0.25) is 0 Å². The van der Waals surface area contributed by atoms with Gasteiger partial charge in [-0.15, -0.1) is 0 Å². The highest BCUT2D eigenvalue weighted by Gasteiger charge is 2.47. The first-order chi connectivity index (χ1) is 12.0. The van der Waals surface area contributed by atoms with Crippen LogP contribution in [0.2, 0.25) is 0 Å². The van der Waals surface area contributed by atoms with Crippen LogP contribution in [-0.2, 0) is 6.42 Å². The van der Waals surface area contributed by atoms with E-state index in [1.165, 1.54) is 36.0 Å². The van der Waals surface area contributed by atoms with E-state index in [2.05, 4.69) is 38.6 Å². The third kappa shape index (κ3) is 3.79. The number of aliphatic hydroxyl groups is 1. The molecular formula is C23H34O2. The summed E-state index contributed by atoms with van der Waals surface area (Å²) in [5.41, 5.74) is 3.72. The topological polar surface area (TPSA) is 29.5 Å². The third-order valence-electron chi connectivity index (χ3n) is 6.68. The van der Waals surface area contributed by atoms with Crippen LogP contribution in [0.25, 0.3) is 0 Å². The second-order valence-electron chi connectivity index (χ2n) is 8.43. The summed E-state index contributed by atoms with van der Waals surface area (Å²) in [4.78, 5) is 0. The Hall–Kier alpha value is -1.28. The van der Waals surface area contributed by atoms with Crippen molar-refractivity contribution in [3.63, 3.8) is 0 Å². The minimum atomic E-state index is -0.555. The van der Waals surface area contributed by atoms with E-state index in [4.69, 9.17) is 4.74 Å². The first kappa shape index (κ1) is 18.5. The van der Waals surface area contributed by atoms with Crippen LogP contribution in [0.1, 0.15) is 75.8 Å². The summed E-state index contributed by atoms with van der Waals surface area (Å²) < 4.78 is 5.41. The normalized spacial score (nSPS) is 31.1. The van der Waals surface area contributed by atoms with Crippen LogP contribution in [0.3, 0.4) is 0 Å². The van der Waals surface area contributed by atoms with Crippen LogP contribution in [0.5, 0.6) is 5.75 Å². The fourth-order valence-electron chi connectivity index (χ4n) is 5.20. The summed E-state index contributed by atoms with van der Waals surface area (Å²) in [6, 6.07) is 6.59. The molecule has 25 heavy (non-hydrogen) atoms. The van der Waals surface area contributed by atoms with Gasteiger partial charge in [0.1, 0.15) is 5.75 Å². The van der Waals surface area contributed by atoms with Gasteiger partial charge in [-0.1, -0.05) is 31.6 Å². The number of aryl methyl sites for hydroxylation is 1. The Kier molecular flexibility index (Phi) is 5.58. The van der Waals surface area contributed by atoms with Crippen molar-refractivity contribution >= 4 is 0 Å². The monoisotopic (exact) mass is 342 g/mol. The molecule has 4 atom stereocenters. The molecule has 2 heteroatoms. The molecule has 0 heterocycles. The molecule has 1 N–H and O–H groups in total. The molecule has 0 amide bonds. The molecule has 1 saturated carbocycles. The van der Waals surface area contributed by atoms with Crippen molar-refractivity contribution in [2.24, 2.45) is 11.8 Å². The molecular weight excluding hydrogens is 308 g/mol. The van der Waals surface area contributed by atoms with E-state index >= 15 is 0 Å². The van der Waals surface area contributed by atoms with Crippen LogP contribution in [-0.4, -0.2) is 17.8 Å². The van der Waals surface area contributed by atoms with Crippen LogP contribution < -0.4 is 4.74 Å². The number of fused-ring (bicyclic) bond motifs is 3. The number of rotatable bonds is 6. The Balaban J connectivity index is 1.82. The van der Waals surface area contributed by atoms with Gasteiger partial charge in [0, 0.05) is 0 Å². The lowest BCUT2D eigenvalue weighted by Gasteiger charge is -2.50. The molecule has 138 valence electrons. The number of unbranched alkanes of at least 4 members (excludes halogenated alkanes) is 1. The summed E-state index contributed by atoms with van der Waals surface area (Å²) in [6.45, 7) is 8.62. The highest BCUT2D eigenvalue weighted by molar-refractivity contribution is 5.40. The average molecular weight is 343 g/mol. The van der Waals surface area contributed by atoms with Gasteiger partial charge in [-0.25, -0.2) is 0 Å². The molecule has 2 aliphatic rings. The van der Waals surface area contributed by atoms with Crippen LogP contribution in [0, 0.1) is 11.8 Å². The van der Waals surface area contributed by atoms with Gasteiger partial charge in [0.05, 0.1) is 12.7 Å². The number of benzene rings is 1. The fourth-order valence-corrected chi connectivity index (χ4v) is 5.20. The second kappa shape index (κ2) is 7.53. The van der Waals surface area contributed by atoms with Crippen molar-refractivity contribution in [2.75, 3.05) is 7.11 Å². The highest BCUT2D eigenvalue weighted by Crippen LogP contribution is 2.53. The van der Waals surface area contributed by atoms with E-state index in [0.29, 0.717) is 17.8 Å². The van der Waals surface area contributed by atoms with Crippen LogP contribution in [0.15, 0.2) is 30.4 Å². The van der Waals surface area contributed by atoms with Gasteiger partial charge in [0.15, 0.2) is 0 Å². The molecule has 0 radical (unpaired) electrons. The quantitative estimate of drug-likeness (QED) is 0.678. The number of ether oxygens (including phenoxy) is 1. The molecule has 1 fully saturated rings. The van der Waals surface area contributed by atoms with Gasteiger partial charge in [-0.05, 0) is 92.9 Å². The molecule has 1 aromatic rings. The Morgan fingerprint density at radius 2 is 2.16 bits per heavy atom. The van der Waals surface area contributed by atoms with Crippen molar-refractivity contribution in [2.45, 2.75) is 76.7 Å². The fraction of sp³-hybridized carbons (Fsp3) is 0.652. The third-order valence-corrected chi connectivity index (χ3v) is 6.68. The molecule has 2 aliphatic carbocycles. The molecule has 2 nitrogen and oxygen atoms in total. The maximum absolute atomic E-state index is 11.1. The van der Waals surface area contributed by atoms with E-state index in [0.717, 1.165) is 37.9 Å². The van der Waals surface area contributed by atoms with E-state index in [9.17, 15) is 5.11 Å². The van der Waals surface area contributed by atoms with E-state index in [1.54, 1.807) is 7.11 Å². The number of hydrogen-bond acceptors (Lipinski definition) is 2. The Morgan fingerprint density at radius 1 is 1.36 bits per heavy atom. The van der Waals surface area contributed by atoms with Crippen molar-refractivity contribution < 1.29 is 9.84 Å². The van der Waals surface area contributed by atoms with Gasteiger partial charge in [0.25, 0.3) is 0 Å².